The predicted molar refractivity (Wildman–Crippen MR) is 74.3 cm³/mol. The Morgan fingerprint density at radius 2 is 2.00 bits per heavy atom. The Hall–Kier alpha value is -0.600. The molecule has 0 aliphatic carbocycles. The molecular formula is C14H23ClN2. The van der Waals surface area contributed by atoms with Gasteiger partial charge in [-0.25, -0.2) is 4.98 Å². The standard InChI is InChI=1S/C14H23ClN2/c1-4-12(5-2)10-17(6-3)11-13-7-8-16-14(15)9-13/h7-9,12H,4-6,10-11H2,1-3H3. The normalized spacial score (nSPS) is 11.4. The minimum absolute atomic E-state index is 0.584. The maximum Gasteiger partial charge on any atom is 0.129 e. The van der Waals surface area contributed by atoms with Crippen molar-refractivity contribution >= 4 is 11.6 Å². The molecule has 0 spiro atoms. The second kappa shape index (κ2) is 7.67. The first kappa shape index (κ1) is 14.5. The second-order valence-electron chi connectivity index (χ2n) is 4.50. The minimum Gasteiger partial charge on any atom is -0.299 e. The quantitative estimate of drug-likeness (QED) is 0.684. The Bertz CT molecular complexity index is 324. The highest BCUT2D eigenvalue weighted by Crippen LogP contribution is 2.14. The third kappa shape index (κ3) is 5.05. The van der Waals surface area contributed by atoms with E-state index in [1.807, 2.05) is 12.1 Å². The maximum atomic E-state index is 5.90. The topological polar surface area (TPSA) is 16.1 Å². The molecule has 0 aromatic carbocycles. The molecule has 0 atom stereocenters. The smallest absolute Gasteiger partial charge is 0.129 e. The lowest BCUT2D eigenvalue weighted by molar-refractivity contribution is 0.226. The highest BCUT2D eigenvalue weighted by Gasteiger charge is 2.10. The van der Waals surface area contributed by atoms with Crippen molar-refractivity contribution in [1.82, 2.24) is 9.88 Å². The summed E-state index contributed by atoms with van der Waals surface area (Å²) in [6.45, 7) is 9.97. The van der Waals surface area contributed by atoms with Crippen molar-refractivity contribution in [3.05, 3.63) is 29.0 Å². The van der Waals surface area contributed by atoms with Crippen molar-refractivity contribution in [3.63, 3.8) is 0 Å². The molecule has 0 aliphatic heterocycles. The number of rotatable bonds is 7. The van der Waals surface area contributed by atoms with Gasteiger partial charge in [0.15, 0.2) is 0 Å². The molecule has 0 radical (unpaired) electrons. The fraction of sp³-hybridized carbons (Fsp3) is 0.643. The van der Waals surface area contributed by atoms with Crippen LogP contribution in [0.25, 0.3) is 0 Å². The molecule has 2 nitrogen and oxygen atoms in total. The zero-order valence-corrected chi connectivity index (χ0v) is 11.9. The van der Waals surface area contributed by atoms with Gasteiger partial charge in [-0.15, -0.1) is 0 Å². The van der Waals surface area contributed by atoms with Gasteiger partial charge < -0.3 is 0 Å². The van der Waals surface area contributed by atoms with E-state index in [1.54, 1.807) is 6.20 Å². The molecule has 0 bridgehead atoms. The van der Waals surface area contributed by atoms with Gasteiger partial charge in [0, 0.05) is 19.3 Å². The largest absolute Gasteiger partial charge is 0.299 e. The predicted octanol–water partition coefficient (Wildman–Crippen LogP) is 3.99. The van der Waals surface area contributed by atoms with Gasteiger partial charge >= 0.3 is 0 Å². The summed E-state index contributed by atoms with van der Waals surface area (Å²) in [5, 5.41) is 0.584. The molecule has 0 saturated carbocycles. The zero-order chi connectivity index (χ0) is 12.7. The fourth-order valence-corrected chi connectivity index (χ4v) is 2.21. The van der Waals surface area contributed by atoms with E-state index in [0.717, 1.165) is 19.0 Å². The Morgan fingerprint density at radius 3 is 2.53 bits per heavy atom. The van der Waals surface area contributed by atoms with Crippen molar-refractivity contribution in [1.29, 1.82) is 0 Å². The number of halogens is 1. The van der Waals surface area contributed by atoms with Crippen LogP contribution in [0.3, 0.4) is 0 Å². The average Bonchev–Trinajstić information content (AvgIpc) is 2.34. The Labute approximate surface area is 110 Å². The van der Waals surface area contributed by atoms with Crippen molar-refractivity contribution in [3.8, 4) is 0 Å². The van der Waals surface area contributed by atoms with E-state index in [4.69, 9.17) is 11.6 Å². The first-order valence-corrected chi connectivity index (χ1v) is 6.90. The van der Waals surface area contributed by atoms with Crippen LogP contribution in [0.5, 0.6) is 0 Å². The number of pyridine rings is 1. The molecule has 1 rings (SSSR count). The van der Waals surface area contributed by atoms with Crippen LogP contribution in [0, 0.1) is 5.92 Å². The average molecular weight is 255 g/mol. The molecule has 96 valence electrons. The molecule has 1 aromatic heterocycles. The number of hydrogen-bond donors (Lipinski definition) is 0. The summed E-state index contributed by atoms with van der Waals surface area (Å²) < 4.78 is 0. The third-order valence-corrected chi connectivity index (χ3v) is 3.52. The van der Waals surface area contributed by atoms with Crippen LogP contribution < -0.4 is 0 Å². The monoisotopic (exact) mass is 254 g/mol. The summed E-state index contributed by atoms with van der Waals surface area (Å²) in [6, 6.07) is 4.00. The van der Waals surface area contributed by atoms with E-state index in [-0.39, 0.29) is 0 Å². The fourth-order valence-electron chi connectivity index (χ4n) is 2.02. The highest BCUT2D eigenvalue weighted by atomic mass is 35.5. The summed E-state index contributed by atoms with van der Waals surface area (Å²) in [4.78, 5) is 6.49. The minimum atomic E-state index is 0.584. The Kier molecular flexibility index (Phi) is 6.53. The van der Waals surface area contributed by atoms with Crippen LogP contribution in [0.4, 0.5) is 0 Å². The van der Waals surface area contributed by atoms with E-state index in [2.05, 4.69) is 30.7 Å². The molecule has 17 heavy (non-hydrogen) atoms. The van der Waals surface area contributed by atoms with Gasteiger partial charge in [0.2, 0.25) is 0 Å². The van der Waals surface area contributed by atoms with Crippen molar-refractivity contribution < 1.29 is 0 Å². The first-order chi connectivity index (χ1) is 8.19. The molecule has 0 saturated heterocycles. The summed E-state index contributed by atoms with van der Waals surface area (Å²) in [5.74, 6) is 0.798. The molecule has 3 heteroatoms. The van der Waals surface area contributed by atoms with E-state index in [1.165, 1.54) is 24.9 Å². The second-order valence-corrected chi connectivity index (χ2v) is 4.88. The Morgan fingerprint density at radius 1 is 1.29 bits per heavy atom. The van der Waals surface area contributed by atoms with Crippen LogP contribution >= 0.6 is 11.6 Å². The van der Waals surface area contributed by atoms with Crippen molar-refractivity contribution in [2.45, 2.75) is 40.2 Å². The summed E-state index contributed by atoms with van der Waals surface area (Å²) in [5.41, 5.74) is 1.25. The van der Waals surface area contributed by atoms with Crippen LogP contribution in [0.15, 0.2) is 18.3 Å². The summed E-state index contributed by atoms with van der Waals surface area (Å²) in [6.07, 6.45) is 4.29. The van der Waals surface area contributed by atoms with E-state index >= 15 is 0 Å². The van der Waals surface area contributed by atoms with Crippen LogP contribution in [-0.4, -0.2) is 23.0 Å². The van der Waals surface area contributed by atoms with Crippen LogP contribution in [0.1, 0.15) is 39.2 Å². The lowest BCUT2D eigenvalue weighted by atomic mass is 10.0. The lowest BCUT2D eigenvalue weighted by Crippen LogP contribution is -2.28. The number of hydrogen-bond acceptors (Lipinski definition) is 2. The third-order valence-electron chi connectivity index (χ3n) is 3.32. The molecule has 1 heterocycles. The first-order valence-electron chi connectivity index (χ1n) is 6.52. The SMILES string of the molecule is CCC(CC)CN(CC)Cc1ccnc(Cl)c1. The van der Waals surface area contributed by atoms with Crippen molar-refractivity contribution in [2.75, 3.05) is 13.1 Å². The summed E-state index contributed by atoms with van der Waals surface area (Å²) >= 11 is 5.90. The van der Waals surface area contributed by atoms with E-state index in [9.17, 15) is 0 Å². The maximum absolute atomic E-state index is 5.90. The van der Waals surface area contributed by atoms with Crippen molar-refractivity contribution in [2.24, 2.45) is 5.92 Å². The summed E-state index contributed by atoms with van der Waals surface area (Å²) in [7, 11) is 0. The zero-order valence-electron chi connectivity index (χ0n) is 11.1. The number of nitrogens with zero attached hydrogens (tertiary/aromatic N) is 2. The molecule has 0 amide bonds. The van der Waals surface area contributed by atoms with Gasteiger partial charge in [0.25, 0.3) is 0 Å². The van der Waals surface area contributed by atoms with E-state index < -0.39 is 0 Å². The number of aromatic nitrogens is 1. The van der Waals surface area contributed by atoms with Gasteiger partial charge in [0.05, 0.1) is 0 Å². The molecule has 0 unspecified atom stereocenters. The van der Waals surface area contributed by atoms with E-state index in [0.29, 0.717) is 5.15 Å². The van der Waals surface area contributed by atoms with Crippen LogP contribution in [-0.2, 0) is 6.54 Å². The lowest BCUT2D eigenvalue weighted by Gasteiger charge is -2.25. The van der Waals surface area contributed by atoms with Gasteiger partial charge in [-0.05, 0) is 30.2 Å². The van der Waals surface area contributed by atoms with Gasteiger partial charge in [-0.3, -0.25) is 4.90 Å². The molecule has 0 aliphatic rings. The Balaban J connectivity index is 2.57. The van der Waals surface area contributed by atoms with Gasteiger partial charge in [0.1, 0.15) is 5.15 Å². The highest BCUT2D eigenvalue weighted by molar-refractivity contribution is 6.29. The molecular weight excluding hydrogens is 232 g/mol. The molecule has 0 fully saturated rings. The molecule has 1 aromatic rings. The van der Waals surface area contributed by atoms with Crippen LogP contribution in [0.2, 0.25) is 5.15 Å². The molecule has 0 N–H and O–H groups in total. The van der Waals surface area contributed by atoms with Gasteiger partial charge in [-0.1, -0.05) is 45.2 Å². The van der Waals surface area contributed by atoms with Gasteiger partial charge in [-0.2, -0.15) is 0 Å².